The fourth-order valence-electron chi connectivity index (χ4n) is 3.21. The van der Waals surface area contributed by atoms with Gasteiger partial charge in [-0.15, -0.1) is 0 Å². The molecule has 0 radical (unpaired) electrons. The second-order valence-corrected chi connectivity index (χ2v) is 8.71. The number of halogens is 1. The van der Waals surface area contributed by atoms with E-state index in [-0.39, 0.29) is 0 Å². The highest BCUT2D eigenvalue weighted by Gasteiger charge is 2.40. The molecule has 2 rings (SSSR count). The average Bonchev–Trinajstić information content (AvgIpc) is 2.48. The molecule has 0 heterocycles. The minimum absolute atomic E-state index is 0.312. The SMILES string of the molecule is CCCC1CCC(C#N)C(S(=O)(=O)c2ccccc2Br)C1. The van der Waals surface area contributed by atoms with E-state index in [0.717, 1.165) is 19.3 Å². The average molecular weight is 370 g/mol. The van der Waals surface area contributed by atoms with Crippen LogP contribution in [0.5, 0.6) is 0 Å². The second-order valence-electron chi connectivity index (χ2n) is 5.72. The van der Waals surface area contributed by atoms with Crippen LogP contribution in [0.4, 0.5) is 0 Å². The van der Waals surface area contributed by atoms with Crippen molar-refractivity contribution in [1.29, 1.82) is 5.26 Å². The van der Waals surface area contributed by atoms with E-state index in [9.17, 15) is 13.7 Å². The smallest absolute Gasteiger partial charge is 0.183 e. The molecule has 1 aliphatic rings. The van der Waals surface area contributed by atoms with Crippen LogP contribution in [0.3, 0.4) is 0 Å². The number of sulfone groups is 1. The molecule has 3 atom stereocenters. The van der Waals surface area contributed by atoms with Crippen molar-refractivity contribution >= 4 is 25.8 Å². The van der Waals surface area contributed by atoms with Gasteiger partial charge in [0.2, 0.25) is 0 Å². The van der Waals surface area contributed by atoms with E-state index in [1.54, 1.807) is 24.3 Å². The summed E-state index contributed by atoms with van der Waals surface area (Å²) in [6.07, 6.45) is 4.36. The molecule has 1 aliphatic carbocycles. The molecule has 0 saturated heterocycles. The molecule has 114 valence electrons. The first-order chi connectivity index (χ1) is 10.0. The van der Waals surface area contributed by atoms with Crippen molar-refractivity contribution in [3.63, 3.8) is 0 Å². The summed E-state index contributed by atoms with van der Waals surface area (Å²) >= 11 is 3.32. The zero-order valence-electron chi connectivity index (χ0n) is 12.1. The Morgan fingerprint density at radius 1 is 1.33 bits per heavy atom. The van der Waals surface area contributed by atoms with Crippen molar-refractivity contribution in [2.75, 3.05) is 0 Å². The number of hydrogen-bond acceptors (Lipinski definition) is 3. The zero-order chi connectivity index (χ0) is 15.5. The van der Waals surface area contributed by atoms with Crippen molar-refractivity contribution in [3.05, 3.63) is 28.7 Å². The van der Waals surface area contributed by atoms with E-state index in [4.69, 9.17) is 0 Å². The molecule has 3 nitrogen and oxygen atoms in total. The summed E-state index contributed by atoms with van der Waals surface area (Å²) in [7, 11) is -3.47. The first-order valence-electron chi connectivity index (χ1n) is 7.38. The molecule has 0 aromatic heterocycles. The van der Waals surface area contributed by atoms with Crippen molar-refractivity contribution in [1.82, 2.24) is 0 Å². The highest BCUT2D eigenvalue weighted by Crippen LogP contribution is 2.39. The van der Waals surface area contributed by atoms with Crippen LogP contribution in [0.25, 0.3) is 0 Å². The van der Waals surface area contributed by atoms with Crippen molar-refractivity contribution in [3.8, 4) is 6.07 Å². The molecule has 0 aliphatic heterocycles. The second kappa shape index (κ2) is 6.93. The van der Waals surface area contributed by atoms with Gasteiger partial charge in [-0.2, -0.15) is 5.26 Å². The fraction of sp³-hybridized carbons (Fsp3) is 0.562. The topological polar surface area (TPSA) is 57.9 Å². The number of rotatable bonds is 4. The van der Waals surface area contributed by atoms with Crippen LogP contribution < -0.4 is 0 Å². The van der Waals surface area contributed by atoms with Gasteiger partial charge in [-0.25, -0.2) is 8.42 Å². The Labute approximate surface area is 135 Å². The van der Waals surface area contributed by atoms with Gasteiger partial charge in [-0.3, -0.25) is 0 Å². The molecule has 0 bridgehead atoms. The Morgan fingerprint density at radius 2 is 2.05 bits per heavy atom. The van der Waals surface area contributed by atoms with Gasteiger partial charge in [0, 0.05) is 4.47 Å². The molecule has 0 N–H and O–H groups in total. The van der Waals surface area contributed by atoms with Gasteiger partial charge < -0.3 is 0 Å². The summed E-state index contributed by atoms with van der Waals surface area (Å²) in [5.74, 6) is 0.0251. The predicted octanol–water partition coefficient (Wildman–Crippen LogP) is 4.33. The Balaban J connectivity index is 2.36. The van der Waals surface area contributed by atoms with Gasteiger partial charge >= 0.3 is 0 Å². The molecular formula is C16H20BrNO2S. The summed E-state index contributed by atoms with van der Waals surface area (Å²) in [5, 5.41) is 8.75. The van der Waals surface area contributed by atoms with Crippen LogP contribution in [0.1, 0.15) is 39.0 Å². The third-order valence-corrected chi connectivity index (χ3v) is 7.55. The molecule has 1 aromatic rings. The standard InChI is InChI=1S/C16H20BrNO2S/c1-2-5-12-8-9-13(11-18)16(10-12)21(19,20)15-7-4-3-6-14(15)17/h3-4,6-7,12-13,16H,2,5,8-10H2,1H3. The van der Waals surface area contributed by atoms with Crippen LogP contribution in [-0.4, -0.2) is 13.7 Å². The highest BCUT2D eigenvalue weighted by atomic mass is 79.9. The number of benzene rings is 1. The molecule has 1 fully saturated rings. The van der Waals surface area contributed by atoms with Crippen molar-refractivity contribution in [2.45, 2.75) is 49.2 Å². The van der Waals surface area contributed by atoms with E-state index < -0.39 is 21.0 Å². The van der Waals surface area contributed by atoms with E-state index in [1.165, 1.54) is 0 Å². The van der Waals surface area contributed by atoms with Gasteiger partial charge in [-0.05, 0) is 53.2 Å². The summed E-state index contributed by atoms with van der Waals surface area (Å²) in [5.41, 5.74) is 0. The fourth-order valence-corrected chi connectivity index (χ4v) is 6.26. The summed E-state index contributed by atoms with van der Waals surface area (Å²) in [6.45, 7) is 2.12. The maximum atomic E-state index is 12.9. The lowest BCUT2D eigenvalue weighted by Crippen LogP contribution is -2.35. The molecule has 1 aromatic carbocycles. The minimum atomic E-state index is -3.47. The van der Waals surface area contributed by atoms with Crippen LogP contribution in [0.2, 0.25) is 0 Å². The molecule has 5 heteroatoms. The zero-order valence-corrected chi connectivity index (χ0v) is 14.5. The van der Waals surface area contributed by atoms with Crippen LogP contribution >= 0.6 is 15.9 Å². The molecule has 21 heavy (non-hydrogen) atoms. The third kappa shape index (κ3) is 3.49. The Hall–Kier alpha value is -0.860. The molecule has 1 saturated carbocycles. The Bertz CT molecular complexity index is 636. The minimum Gasteiger partial charge on any atom is -0.223 e. The van der Waals surface area contributed by atoms with Crippen LogP contribution in [0.15, 0.2) is 33.6 Å². The van der Waals surface area contributed by atoms with Gasteiger partial charge in [0.1, 0.15) is 0 Å². The molecule has 0 amide bonds. The first kappa shape index (κ1) is 16.5. The van der Waals surface area contributed by atoms with E-state index in [2.05, 4.69) is 28.9 Å². The molecule has 0 spiro atoms. The van der Waals surface area contributed by atoms with Crippen molar-refractivity contribution in [2.24, 2.45) is 11.8 Å². The highest BCUT2D eigenvalue weighted by molar-refractivity contribution is 9.10. The summed E-state index contributed by atoms with van der Waals surface area (Å²) < 4.78 is 26.5. The van der Waals surface area contributed by atoms with E-state index in [0.29, 0.717) is 28.1 Å². The maximum absolute atomic E-state index is 12.9. The van der Waals surface area contributed by atoms with Crippen molar-refractivity contribution < 1.29 is 8.42 Å². The summed E-state index contributed by atoms with van der Waals surface area (Å²) in [6, 6.07) is 9.10. The monoisotopic (exact) mass is 369 g/mol. The summed E-state index contributed by atoms with van der Waals surface area (Å²) in [4.78, 5) is 0.312. The Morgan fingerprint density at radius 3 is 2.67 bits per heavy atom. The normalized spacial score (nSPS) is 26.2. The van der Waals surface area contributed by atoms with Gasteiger partial charge in [0.05, 0.1) is 22.1 Å². The lowest BCUT2D eigenvalue weighted by Gasteiger charge is -2.32. The van der Waals surface area contributed by atoms with Gasteiger partial charge in [0.15, 0.2) is 9.84 Å². The number of nitrogens with zero attached hydrogens (tertiary/aromatic N) is 1. The number of hydrogen-bond donors (Lipinski definition) is 0. The van der Waals surface area contributed by atoms with Crippen LogP contribution in [-0.2, 0) is 9.84 Å². The quantitative estimate of drug-likeness (QED) is 0.793. The maximum Gasteiger partial charge on any atom is 0.183 e. The Kier molecular flexibility index (Phi) is 5.45. The largest absolute Gasteiger partial charge is 0.223 e. The van der Waals surface area contributed by atoms with Crippen LogP contribution in [0, 0.1) is 23.2 Å². The lowest BCUT2D eigenvalue weighted by molar-refractivity contribution is 0.298. The lowest BCUT2D eigenvalue weighted by atomic mass is 9.80. The van der Waals surface area contributed by atoms with Gasteiger partial charge in [0.25, 0.3) is 0 Å². The number of nitriles is 1. The first-order valence-corrected chi connectivity index (χ1v) is 9.72. The van der Waals surface area contributed by atoms with E-state index >= 15 is 0 Å². The molecular weight excluding hydrogens is 350 g/mol. The third-order valence-electron chi connectivity index (χ3n) is 4.30. The molecule has 3 unspecified atom stereocenters. The van der Waals surface area contributed by atoms with E-state index in [1.807, 2.05) is 0 Å². The van der Waals surface area contributed by atoms with Gasteiger partial charge in [-0.1, -0.05) is 31.9 Å². The predicted molar refractivity (Wildman–Crippen MR) is 86.5 cm³/mol.